The van der Waals surface area contributed by atoms with E-state index in [1.54, 1.807) is 6.92 Å². The fourth-order valence-corrected chi connectivity index (χ4v) is 4.76. The summed E-state index contributed by atoms with van der Waals surface area (Å²) in [6, 6.07) is 1.57. The number of hydrogen-bond donors (Lipinski definition) is 3. The largest absolute Gasteiger partial charge is 0.323 e. The molecule has 0 bridgehead atoms. The molecule has 1 aliphatic carbocycles. The van der Waals surface area contributed by atoms with E-state index in [9.17, 15) is 22.0 Å². The maximum Gasteiger partial charge on any atom is 0.232 e. The second-order valence-electron chi connectivity index (χ2n) is 7.09. The number of hydrogen-bond acceptors (Lipinski definition) is 4. The molecule has 2 fully saturated rings. The van der Waals surface area contributed by atoms with E-state index in [-0.39, 0.29) is 34.4 Å². The Labute approximate surface area is 151 Å². The van der Waals surface area contributed by atoms with Gasteiger partial charge in [0, 0.05) is 12.0 Å². The number of sulfonamides is 1. The first-order chi connectivity index (χ1) is 12.3. The third-order valence-electron chi connectivity index (χ3n) is 5.16. The van der Waals surface area contributed by atoms with Crippen LogP contribution < -0.4 is 15.4 Å². The van der Waals surface area contributed by atoms with Crippen LogP contribution in [0.1, 0.15) is 32.6 Å². The van der Waals surface area contributed by atoms with Crippen LogP contribution in [0.4, 0.5) is 20.2 Å². The van der Waals surface area contributed by atoms with E-state index in [4.69, 9.17) is 0 Å². The summed E-state index contributed by atoms with van der Waals surface area (Å²) in [7, 11) is -3.72. The summed E-state index contributed by atoms with van der Waals surface area (Å²) in [5, 5.41) is 5.74. The summed E-state index contributed by atoms with van der Waals surface area (Å²) in [5.74, 6) is -2.63. The quantitative estimate of drug-likeness (QED) is 0.700. The molecule has 1 saturated carbocycles. The Bertz CT molecular complexity index is 808. The third-order valence-corrected chi connectivity index (χ3v) is 6.64. The van der Waals surface area contributed by atoms with E-state index in [0.29, 0.717) is 12.5 Å². The molecule has 3 rings (SSSR count). The lowest BCUT2D eigenvalue weighted by Gasteiger charge is -2.23. The Morgan fingerprint density at radius 1 is 1.23 bits per heavy atom. The van der Waals surface area contributed by atoms with Crippen molar-refractivity contribution in [2.45, 2.75) is 32.6 Å². The second-order valence-corrected chi connectivity index (χ2v) is 8.93. The molecule has 1 atom stereocenters. The van der Waals surface area contributed by atoms with Crippen molar-refractivity contribution in [2.24, 2.45) is 11.3 Å². The normalized spacial score (nSPS) is 21.4. The molecule has 6 nitrogen and oxygen atoms in total. The van der Waals surface area contributed by atoms with Crippen LogP contribution in [0.15, 0.2) is 12.1 Å². The predicted octanol–water partition coefficient (Wildman–Crippen LogP) is 2.44. The molecule has 1 heterocycles. The number of benzene rings is 1. The van der Waals surface area contributed by atoms with E-state index in [1.165, 1.54) is 0 Å². The smallest absolute Gasteiger partial charge is 0.232 e. The van der Waals surface area contributed by atoms with Crippen LogP contribution in [-0.2, 0) is 14.8 Å². The number of carbonyl (C=O) groups is 1. The number of carbonyl (C=O) groups excluding carboxylic acids is 1. The van der Waals surface area contributed by atoms with E-state index >= 15 is 0 Å². The summed E-state index contributed by atoms with van der Waals surface area (Å²) in [5.41, 5.74) is -0.610. The fourth-order valence-electron chi connectivity index (χ4n) is 3.63. The summed E-state index contributed by atoms with van der Waals surface area (Å²) in [6.07, 6.45) is 2.93. The summed E-state index contributed by atoms with van der Waals surface area (Å²) in [6.45, 7) is 3.40. The van der Waals surface area contributed by atoms with Crippen molar-refractivity contribution < 1.29 is 22.0 Å². The van der Waals surface area contributed by atoms with Gasteiger partial charge in [-0.05, 0) is 50.3 Å². The molecule has 1 unspecified atom stereocenters. The van der Waals surface area contributed by atoms with E-state index in [2.05, 4.69) is 15.4 Å². The predicted molar refractivity (Wildman–Crippen MR) is 95.3 cm³/mol. The van der Waals surface area contributed by atoms with Gasteiger partial charge in [0.15, 0.2) is 0 Å². The highest BCUT2D eigenvalue weighted by Gasteiger charge is 2.57. The van der Waals surface area contributed by atoms with Crippen LogP contribution in [0.3, 0.4) is 0 Å². The Hall–Kier alpha value is -1.74. The van der Waals surface area contributed by atoms with Crippen LogP contribution in [0.2, 0.25) is 0 Å². The lowest BCUT2D eigenvalue weighted by atomic mass is 9.92. The minimum absolute atomic E-state index is 0.0165. The zero-order valence-corrected chi connectivity index (χ0v) is 15.4. The molecular weight excluding hydrogens is 364 g/mol. The molecule has 9 heteroatoms. The molecule has 0 aromatic heterocycles. The number of piperidine rings is 1. The first-order valence-corrected chi connectivity index (χ1v) is 10.4. The lowest BCUT2D eigenvalue weighted by molar-refractivity contribution is -0.118. The number of nitrogens with one attached hydrogen (secondary N) is 3. The molecule has 0 radical (unpaired) electrons. The summed E-state index contributed by atoms with van der Waals surface area (Å²) >= 11 is 0. The summed E-state index contributed by atoms with van der Waals surface area (Å²) < 4.78 is 53.7. The van der Waals surface area contributed by atoms with Gasteiger partial charge >= 0.3 is 0 Å². The van der Waals surface area contributed by atoms with Gasteiger partial charge in [-0.25, -0.2) is 17.2 Å². The van der Waals surface area contributed by atoms with Crippen molar-refractivity contribution in [3.8, 4) is 0 Å². The van der Waals surface area contributed by atoms with Crippen molar-refractivity contribution in [1.82, 2.24) is 5.32 Å². The molecule has 144 valence electrons. The average molecular weight is 387 g/mol. The van der Waals surface area contributed by atoms with Gasteiger partial charge in [-0.1, -0.05) is 6.92 Å². The lowest BCUT2D eigenvalue weighted by Crippen LogP contribution is -2.31. The maximum absolute atomic E-state index is 14.0. The zero-order valence-electron chi connectivity index (χ0n) is 14.6. The molecule has 1 aliphatic heterocycles. The topological polar surface area (TPSA) is 87.3 Å². The Balaban J connectivity index is 1.74. The zero-order chi connectivity index (χ0) is 18.9. The number of amides is 1. The highest BCUT2D eigenvalue weighted by molar-refractivity contribution is 7.92. The van der Waals surface area contributed by atoms with Crippen molar-refractivity contribution in [2.75, 3.05) is 28.9 Å². The Morgan fingerprint density at radius 3 is 2.54 bits per heavy atom. The van der Waals surface area contributed by atoms with Gasteiger partial charge in [0.05, 0.1) is 17.1 Å². The molecular formula is C17H23F2N3O3S. The first kappa shape index (κ1) is 19.0. The minimum Gasteiger partial charge on any atom is -0.323 e. The van der Waals surface area contributed by atoms with Gasteiger partial charge in [0.2, 0.25) is 15.9 Å². The van der Waals surface area contributed by atoms with Crippen molar-refractivity contribution in [3.63, 3.8) is 0 Å². The average Bonchev–Trinajstić information content (AvgIpc) is 3.25. The van der Waals surface area contributed by atoms with E-state index in [0.717, 1.165) is 38.4 Å². The Kier molecular flexibility index (Phi) is 5.21. The third kappa shape index (κ3) is 3.98. The van der Waals surface area contributed by atoms with E-state index < -0.39 is 21.7 Å². The standard InChI is InChI=1S/C17H23F2N3O3S/c1-2-7-26(24,25)22-15-9-14(12(18)8-13(15)19)21-16(23)11-10-17(11)3-5-20-6-4-17/h8-9,11,20,22H,2-7,10H2,1H3,(H,21,23). The summed E-state index contributed by atoms with van der Waals surface area (Å²) in [4.78, 5) is 12.5. The number of anilines is 2. The van der Waals surface area contributed by atoms with E-state index in [1.807, 2.05) is 0 Å². The second kappa shape index (κ2) is 7.11. The van der Waals surface area contributed by atoms with Gasteiger partial charge in [-0.3, -0.25) is 9.52 Å². The molecule has 1 amide bonds. The number of rotatable bonds is 6. The van der Waals surface area contributed by atoms with Gasteiger partial charge in [-0.15, -0.1) is 0 Å². The van der Waals surface area contributed by atoms with Gasteiger partial charge < -0.3 is 10.6 Å². The maximum atomic E-state index is 14.0. The molecule has 26 heavy (non-hydrogen) atoms. The highest BCUT2D eigenvalue weighted by Crippen LogP contribution is 2.58. The first-order valence-electron chi connectivity index (χ1n) is 8.77. The molecule has 1 aromatic rings. The van der Waals surface area contributed by atoms with Gasteiger partial charge in [-0.2, -0.15) is 0 Å². The molecule has 3 N–H and O–H groups in total. The van der Waals surface area contributed by atoms with Crippen molar-refractivity contribution in [1.29, 1.82) is 0 Å². The van der Waals surface area contributed by atoms with Crippen LogP contribution in [0, 0.1) is 23.0 Å². The van der Waals surface area contributed by atoms with Crippen LogP contribution in [0.5, 0.6) is 0 Å². The minimum atomic E-state index is -3.72. The van der Waals surface area contributed by atoms with Crippen LogP contribution in [-0.4, -0.2) is 33.2 Å². The van der Waals surface area contributed by atoms with Crippen LogP contribution in [0.25, 0.3) is 0 Å². The van der Waals surface area contributed by atoms with Crippen molar-refractivity contribution in [3.05, 3.63) is 23.8 Å². The molecule has 1 saturated heterocycles. The highest BCUT2D eigenvalue weighted by atomic mass is 32.2. The fraction of sp³-hybridized carbons (Fsp3) is 0.588. The van der Waals surface area contributed by atoms with Gasteiger partial charge in [0.25, 0.3) is 0 Å². The van der Waals surface area contributed by atoms with Gasteiger partial charge in [0.1, 0.15) is 11.6 Å². The van der Waals surface area contributed by atoms with Crippen LogP contribution >= 0.6 is 0 Å². The monoisotopic (exact) mass is 387 g/mol. The molecule has 1 spiro atoms. The number of halogens is 2. The Morgan fingerprint density at radius 2 is 1.88 bits per heavy atom. The molecule has 2 aliphatic rings. The SMILES string of the molecule is CCCS(=O)(=O)Nc1cc(NC(=O)C2CC23CCNCC3)c(F)cc1F. The van der Waals surface area contributed by atoms with Crippen molar-refractivity contribution >= 4 is 27.3 Å². The molecule has 1 aromatic carbocycles.